The Bertz CT molecular complexity index is 1200. The van der Waals surface area contributed by atoms with Crippen molar-refractivity contribution in [1.29, 1.82) is 0 Å². The standard InChI is InChI=1S/C22H16ClN3O2/c1-14(27)16-7-8-18(23)19(11-16)25-22(28)17-9-10-26-13-20(24-21(26)12-17)15-5-3-2-4-6-15/h2-13H,1H3,(H,25,28). The van der Waals surface area contributed by atoms with Crippen LogP contribution in [0.3, 0.4) is 0 Å². The average Bonchev–Trinajstić information content (AvgIpc) is 3.13. The van der Waals surface area contributed by atoms with Gasteiger partial charge in [0.25, 0.3) is 5.91 Å². The molecular weight excluding hydrogens is 374 g/mol. The SMILES string of the molecule is CC(=O)c1ccc(Cl)c(NC(=O)c2ccn3cc(-c4ccccc4)nc3c2)c1. The number of fused-ring (bicyclic) bond motifs is 1. The van der Waals surface area contributed by atoms with Crippen molar-refractivity contribution in [1.82, 2.24) is 9.38 Å². The summed E-state index contributed by atoms with van der Waals surface area (Å²) < 4.78 is 1.86. The van der Waals surface area contributed by atoms with Gasteiger partial charge in [-0.25, -0.2) is 4.98 Å². The maximum Gasteiger partial charge on any atom is 0.255 e. The van der Waals surface area contributed by atoms with Crippen molar-refractivity contribution < 1.29 is 9.59 Å². The fourth-order valence-electron chi connectivity index (χ4n) is 2.91. The summed E-state index contributed by atoms with van der Waals surface area (Å²) in [5.74, 6) is -0.422. The van der Waals surface area contributed by atoms with Crippen LogP contribution in [-0.4, -0.2) is 21.1 Å². The third kappa shape index (κ3) is 3.52. The molecule has 2 heterocycles. The summed E-state index contributed by atoms with van der Waals surface area (Å²) in [6.07, 6.45) is 3.71. The average molecular weight is 390 g/mol. The number of hydrogen-bond donors (Lipinski definition) is 1. The number of aromatic nitrogens is 2. The third-order valence-corrected chi connectivity index (χ3v) is 4.74. The van der Waals surface area contributed by atoms with Gasteiger partial charge in [-0.15, -0.1) is 0 Å². The smallest absolute Gasteiger partial charge is 0.255 e. The summed E-state index contributed by atoms with van der Waals surface area (Å²) in [4.78, 5) is 28.8. The summed E-state index contributed by atoms with van der Waals surface area (Å²) >= 11 is 6.16. The number of rotatable bonds is 4. The van der Waals surface area contributed by atoms with Gasteiger partial charge in [0.05, 0.1) is 16.4 Å². The van der Waals surface area contributed by atoms with Gasteiger partial charge in [0.15, 0.2) is 5.78 Å². The quantitative estimate of drug-likeness (QED) is 0.493. The zero-order valence-electron chi connectivity index (χ0n) is 15.0. The van der Waals surface area contributed by atoms with Gasteiger partial charge in [-0.05, 0) is 37.3 Å². The predicted molar refractivity (Wildman–Crippen MR) is 110 cm³/mol. The van der Waals surface area contributed by atoms with Gasteiger partial charge in [0.2, 0.25) is 0 Å². The molecule has 0 unspecified atom stereocenters. The predicted octanol–water partition coefficient (Wildman–Crippen LogP) is 5.11. The van der Waals surface area contributed by atoms with Gasteiger partial charge in [0, 0.05) is 29.1 Å². The largest absolute Gasteiger partial charge is 0.321 e. The Morgan fingerprint density at radius 3 is 2.54 bits per heavy atom. The molecule has 0 atom stereocenters. The fraction of sp³-hybridized carbons (Fsp3) is 0.0455. The van der Waals surface area contributed by atoms with Crippen LogP contribution in [-0.2, 0) is 0 Å². The molecule has 0 spiro atoms. The molecule has 0 saturated heterocycles. The Kier molecular flexibility index (Phi) is 4.67. The van der Waals surface area contributed by atoms with Gasteiger partial charge in [0.1, 0.15) is 5.65 Å². The van der Waals surface area contributed by atoms with E-state index in [0.29, 0.717) is 27.5 Å². The number of ketones is 1. The Morgan fingerprint density at radius 1 is 1.00 bits per heavy atom. The molecule has 0 radical (unpaired) electrons. The molecule has 2 aromatic carbocycles. The molecule has 2 aromatic heterocycles. The molecule has 1 amide bonds. The summed E-state index contributed by atoms with van der Waals surface area (Å²) in [5.41, 5.74) is 3.82. The lowest BCUT2D eigenvalue weighted by Gasteiger charge is -2.09. The van der Waals surface area contributed by atoms with Crippen molar-refractivity contribution in [3.8, 4) is 11.3 Å². The van der Waals surface area contributed by atoms with Crippen molar-refractivity contribution in [2.24, 2.45) is 0 Å². The molecule has 0 aliphatic carbocycles. The van der Waals surface area contributed by atoms with Crippen LogP contribution >= 0.6 is 11.6 Å². The molecule has 0 fully saturated rings. The lowest BCUT2D eigenvalue weighted by atomic mass is 10.1. The molecule has 5 nitrogen and oxygen atoms in total. The van der Waals surface area contributed by atoms with Gasteiger partial charge in [-0.2, -0.15) is 0 Å². The third-order valence-electron chi connectivity index (χ3n) is 4.41. The number of hydrogen-bond acceptors (Lipinski definition) is 3. The molecular formula is C22H16ClN3O2. The highest BCUT2D eigenvalue weighted by Crippen LogP contribution is 2.24. The molecule has 4 aromatic rings. The van der Waals surface area contributed by atoms with Crippen molar-refractivity contribution >= 4 is 34.6 Å². The van der Waals surface area contributed by atoms with Crippen LogP contribution in [0.1, 0.15) is 27.6 Å². The minimum Gasteiger partial charge on any atom is -0.321 e. The summed E-state index contributed by atoms with van der Waals surface area (Å²) in [7, 11) is 0. The van der Waals surface area contributed by atoms with Crippen LogP contribution in [0.4, 0.5) is 5.69 Å². The number of halogens is 1. The first-order chi connectivity index (χ1) is 13.5. The number of amides is 1. The van der Waals surface area contributed by atoms with Crippen LogP contribution < -0.4 is 5.32 Å². The van der Waals surface area contributed by atoms with Crippen molar-refractivity contribution in [3.05, 3.63) is 89.2 Å². The first-order valence-electron chi connectivity index (χ1n) is 8.67. The summed E-state index contributed by atoms with van der Waals surface area (Å²) in [5, 5.41) is 3.13. The first kappa shape index (κ1) is 17.9. The maximum absolute atomic E-state index is 12.7. The molecule has 0 saturated carbocycles. The van der Waals surface area contributed by atoms with E-state index in [4.69, 9.17) is 11.6 Å². The molecule has 4 rings (SSSR count). The van der Waals surface area contributed by atoms with E-state index in [1.54, 1.807) is 36.5 Å². The number of carbonyl (C=O) groups is 2. The van der Waals surface area contributed by atoms with Crippen LogP contribution in [0.25, 0.3) is 16.9 Å². The Labute approximate surface area is 166 Å². The Morgan fingerprint density at radius 2 is 1.79 bits per heavy atom. The van der Waals surface area contributed by atoms with Gasteiger partial charge >= 0.3 is 0 Å². The lowest BCUT2D eigenvalue weighted by molar-refractivity contribution is 0.101. The molecule has 138 valence electrons. The second-order valence-corrected chi connectivity index (χ2v) is 6.79. The molecule has 1 N–H and O–H groups in total. The van der Waals surface area contributed by atoms with Crippen molar-refractivity contribution in [2.75, 3.05) is 5.32 Å². The summed E-state index contributed by atoms with van der Waals surface area (Å²) in [6, 6.07) is 18.1. The fourth-order valence-corrected chi connectivity index (χ4v) is 3.07. The van der Waals surface area contributed by atoms with Gasteiger partial charge < -0.3 is 9.72 Å². The van der Waals surface area contributed by atoms with E-state index in [9.17, 15) is 9.59 Å². The highest BCUT2D eigenvalue weighted by molar-refractivity contribution is 6.34. The van der Waals surface area contributed by atoms with Gasteiger partial charge in [-0.3, -0.25) is 9.59 Å². The first-order valence-corrected chi connectivity index (χ1v) is 9.05. The van der Waals surface area contributed by atoms with E-state index in [1.807, 2.05) is 40.9 Å². The molecule has 0 aliphatic rings. The minimum atomic E-state index is -0.325. The number of benzene rings is 2. The number of imidazole rings is 1. The second kappa shape index (κ2) is 7.29. The number of Topliss-reactive ketones (excluding diaryl/α,β-unsaturated/α-hetero) is 1. The highest BCUT2D eigenvalue weighted by Gasteiger charge is 2.12. The van der Waals surface area contributed by atoms with Crippen LogP contribution in [0, 0.1) is 0 Å². The molecule has 28 heavy (non-hydrogen) atoms. The van der Waals surface area contributed by atoms with E-state index in [1.165, 1.54) is 6.92 Å². The molecule has 6 heteroatoms. The zero-order valence-corrected chi connectivity index (χ0v) is 15.8. The Hall–Kier alpha value is -3.44. The van der Waals surface area contributed by atoms with E-state index in [2.05, 4.69) is 10.3 Å². The van der Waals surface area contributed by atoms with E-state index >= 15 is 0 Å². The normalized spacial score (nSPS) is 10.8. The number of anilines is 1. The Balaban J connectivity index is 1.63. The second-order valence-electron chi connectivity index (χ2n) is 6.38. The number of nitrogens with one attached hydrogen (secondary N) is 1. The maximum atomic E-state index is 12.7. The van der Waals surface area contributed by atoms with Crippen LogP contribution in [0.2, 0.25) is 5.02 Å². The number of carbonyl (C=O) groups excluding carboxylic acids is 2. The van der Waals surface area contributed by atoms with Crippen molar-refractivity contribution in [2.45, 2.75) is 6.92 Å². The van der Waals surface area contributed by atoms with E-state index in [0.717, 1.165) is 11.3 Å². The van der Waals surface area contributed by atoms with Crippen LogP contribution in [0.15, 0.2) is 73.1 Å². The topological polar surface area (TPSA) is 63.5 Å². The monoisotopic (exact) mass is 389 g/mol. The van der Waals surface area contributed by atoms with E-state index in [-0.39, 0.29) is 11.7 Å². The lowest BCUT2D eigenvalue weighted by Crippen LogP contribution is -2.13. The zero-order chi connectivity index (χ0) is 19.7. The minimum absolute atomic E-state index is 0.0978. The summed E-state index contributed by atoms with van der Waals surface area (Å²) in [6.45, 7) is 1.46. The van der Waals surface area contributed by atoms with E-state index < -0.39 is 0 Å². The molecule has 0 bridgehead atoms. The van der Waals surface area contributed by atoms with Gasteiger partial charge in [-0.1, -0.05) is 41.9 Å². The highest BCUT2D eigenvalue weighted by atomic mass is 35.5. The number of pyridine rings is 1. The van der Waals surface area contributed by atoms with Crippen molar-refractivity contribution in [3.63, 3.8) is 0 Å². The van der Waals surface area contributed by atoms with Crippen LogP contribution in [0.5, 0.6) is 0 Å². The molecule has 0 aliphatic heterocycles. The number of nitrogens with zero attached hydrogens (tertiary/aromatic N) is 2.